The van der Waals surface area contributed by atoms with Gasteiger partial charge < -0.3 is 9.26 Å². The molecule has 0 N–H and O–H groups in total. The Hall–Kier alpha value is -0.840. The van der Waals surface area contributed by atoms with Crippen LogP contribution in [-0.2, 0) is 27.7 Å². The van der Waals surface area contributed by atoms with Crippen LogP contribution >= 0.6 is 7.82 Å². The van der Waals surface area contributed by atoms with Crippen LogP contribution in [-0.4, -0.2) is 27.3 Å². The van der Waals surface area contributed by atoms with Gasteiger partial charge >= 0.3 is 13.8 Å². The second kappa shape index (κ2) is 5.80. The van der Waals surface area contributed by atoms with Crippen LogP contribution in [0, 0.1) is 0 Å². The number of esters is 1. The van der Waals surface area contributed by atoms with E-state index in [2.05, 4.69) is 13.8 Å². The van der Waals surface area contributed by atoms with Gasteiger partial charge in [-0.25, -0.2) is 9.36 Å². The van der Waals surface area contributed by atoms with Crippen LogP contribution in [0.25, 0.3) is 0 Å². The number of methoxy groups -OCH3 is 1. The maximum absolute atomic E-state index is 11.4. The topological polar surface area (TPSA) is 71.1 Å². The van der Waals surface area contributed by atoms with Crippen molar-refractivity contribution in [1.29, 1.82) is 0 Å². The van der Waals surface area contributed by atoms with Gasteiger partial charge in [0.15, 0.2) is 0 Å². The molecule has 14 heavy (non-hydrogen) atoms. The fraction of sp³-hybridized carbons (Fsp3) is 0.571. The van der Waals surface area contributed by atoms with Gasteiger partial charge in [-0.1, -0.05) is 0 Å². The first kappa shape index (κ1) is 13.2. The summed E-state index contributed by atoms with van der Waals surface area (Å²) in [7, 11) is -0.214. The Morgan fingerprint density at radius 3 is 2.00 bits per heavy atom. The molecule has 0 rings (SSSR count). The van der Waals surface area contributed by atoms with Crippen LogP contribution in [0.5, 0.6) is 0 Å². The second-order valence-electron chi connectivity index (χ2n) is 2.05. The molecule has 6 nitrogen and oxygen atoms in total. The minimum Gasteiger partial charge on any atom is -0.463 e. The number of ether oxygens (including phenoxy) is 1. The number of rotatable bonds is 5. The van der Waals surface area contributed by atoms with Crippen LogP contribution < -0.4 is 0 Å². The summed E-state index contributed by atoms with van der Waals surface area (Å²) in [5.41, 5.74) is 0. The Labute approximate surface area is 82.4 Å². The van der Waals surface area contributed by atoms with Crippen molar-refractivity contribution in [3.05, 3.63) is 11.8 Å². The Balaban J connectivity index is 4.63. The lowest BCUT2D eigenvalue weighted by Gasteiger charge is -2.14. The van der Waals surface area contributed by atoms with Crippen molar-refractivity contribution in [3.63, 3.8) is 0 Å². The van der Waals surface area contributed by atoms with E-state index in [0.29, 0.717) is 0 Å². The lowest BCUT2D eigenvalue weighted by atomic mass is 10.5. The maximum atomic E-state index is 11.4. The van der Waals surface area contributed by atoms with E-state index in [1.54, 1.807) is 0 Å². The molecule has 0 unspecified atom stereocenters. The summed E-state index contributed by atoms with van der Waals surface area (Å²) in [6.07, 6.45) is 1.30. The molecule has 0 spiro atoms. The Morgan fingerprint density at radius 1 is 1.21 bits per heavy atom. The van der Waals surface area contributed by atoms with Crippen LogP contribution in [0.15, 0.2) is 11.8 Å². The molecule has 0 fully saturated rings. The third-order valence-corrected chi connectivity index (χ3v) is 2.62. The van der Waals surface area contributed by atoms with E-state index in [4.69, 9.17) is 4.52 Å². The Kier molecular flexibility index (Phi) is 5.45. The van der Waals surface area contributed by atoms with Gasteiger partial charge in [-0.3, -0.25) is 9.05 Å². The van der Waals surface area contributed by atoms with E-state index in [1.165, 1.54) is 20.1 Å². The van der Waals surface area contributed by atoms with E-state index < -0.39 is 13.8 Å². The quantitative estimate of drug-likeness (QED) is 0.305. The molecular weight excluding hydrogens is 211 g/mol. The summed E-state index contributed by atoms with van der Waals surface area (Å²) in [6.45, 7) is 1.53. The number of hydrogen-bond donors (Lipinski definition) is 0. The van der Waals surface area contributed by atoms with Crippen molar-refractivity contribution in [2.75, 3.05) is 21.3 Å². The zero-order valence-electron chi connectivity index (χ0n) is 8.47. The molecule has 0 radical (unpaired) electrons. The van der Waals surface area contributed by atoms with Gasteiger partial charge in [0.2, 0.25) is 5.76 Å². The van der Waals surface area contributed by atoms with E-state index in [1.807, 2.05) is 0 Å². The van der Waals surface area contributed by atoms with Gasteiger partial charge in [0.05, 0.1) is 7.11 Å². The molecule has 0 aromatic carbocycles. The molecule has 7 heteroatoms. The molecule has 82 valence electrons. The highest BCUT2D eigenvalue weighted by Gasteiger charge is 2.28. The summed E-state index contributed by atoms with van der Waals surface area (Å²) >= 11 is 0. The van der Waals surface area contributed by atoms with Gasteiger partial charge in [-0.15, -0.1) is 0 Å². The number of phosphoric acid groups is 1. The first-order valence-electron chi connectivity index (χ1n) is 3.68. The Morgan fingerprint density at radius 2 is 1.71 bits per heavy atom. The predicted octanol–water partition coefficient (Wildman–Crippen LogP) is 1.48. The van der Waals surface area contributed by atoms with Crippen molar-refractivity contribution < 1.29 is 27.7 Å². The molecule has 0 aromatic rings. The van der Waals surface area contributed by atoms with Gasteiger partial charge in [0.25, 0.3) is 0 Å². The molecule has 0 saturated carbocycles. The molecule has 0 aliphatic carbocycles. The van der Waals surface area contributed by atoms with Crippen LogP contribution in [0.2, 0.25) is 0 Å². The molecule has 0 aromatic heterocycles. The lowest BCUT2D eigenvalue weighted by Crippen LogP contribution is -2.08. The van der Waals surface area contributed by atoms with E-state index in [9.17, 15) is 9.36 Å². The minimum atomic E-state index is -3.69. The highest BCUT2D eigenvalue weighted by Crippen LogP contribution is 2.49. The highest BCUT2D eigenvalue weighted by molar-refractivity contribution is 7.48. The summed E-state index contributed by atoms with van der Waals surface area (Å²) in [6, 6.07) is 0. The van der Waals surface area contributed by atoms with E-state index in [0.717, 1.165) is 14.2 Å². The van der Waals surface area contributed by atoms with Gasteiger partial charge in [0, 0.05) is 14.2 Å². The highest BCUT2D eigenvalue weighted by atomic mass is 31.2. The van der Waals surface area contributed by atoms with Crippen molar-refractivity contribution >= 4 is 13.8 Å². The summed E-state index contributed by atoms with van der Waals surface area (Å²) < 4.78 is 29.5. The predicted molar refractivity (Wildman–Crippen MR) is 48.5 cm³/mol. The van der Waals surface area contributed by atoms with Gasteiger partial charge in [-0.2, -0.15) is 0 Å². The molecule has 0 heterocycles. The summed E-state index contributed by atoms with van der Waals surface area (Å²) in [5.74, 6) is -0.971. The average molecular weight is 224 g/mol. The third-order valence-electron chi connectivity index (χ3n) is 1.31. The Bertz CT molecular complexity index is 263. The maximum Gasteiger partial charge on any atom is 0.529 e. The number of carbonyl (C=O) groups is 1. The lowest BCUT2D eigenvalue weighted by molar-refractivity contribution is -0.138. The largest absolute Gasteiger partial charge is 0.529 e. The third kappa shape index (κ3) is 3.49. The van der Waals surface area contributed by atoms with Crippen molar-refractivity contribution in [2.45, 2.75) is 6.92 Å². The zero-order valence-corrected chi connectivity index (χ0v) is 9.37. The molecule has 0 saturated heterocycles. The minimum absolute atomic E-state index is 0.223. The molecule has 0 aliphatic heterocycles. The summed E-state index contributed by atoms with van der Waals surface area (Å²) in [5, 5.41) is 0. The number of phosphoric ester groups is 1. The molecule has 0 bridgehead atoms. The fourth-order valence-corrected chi connectivity index (χ4v) is 1.30. The molecule has 0 amide bonds. The number of allylic oxidation sites excluding steroid dienone is 1. The van der Waals surface area contributed by atoms with Crippen molar-refractivity contribution in [1.82, 2.24) is 0 Å². The standard InChI is InChI=1S/C7H13O6P/c1-5-6(7(8)10-2)13-14(9,11-3)12-4/h5H,1-4H3/b6-5-. The molecular formula is C7H13O6P. The van der Waals surface area contributed by atoms with E-state index in [-0.39, 0.29) is 5.76 Å². The van der Waals surface area contributed by atoms with Crippen molar-refractivity contribution in [2.24, 2.45) is 0 Å². The SMILES string of the molecule is C/C=C(\OP(=O)(OC)OC)C(=O)OC. The molecule has 0 aliphatic rings. The average Bonchev–Trinajstić information content (AvgIpc) is 2.24. The number of carbonyl (C=O) groups excluding carboxylic acids is 1. The van der Waals surface area contributed by atoms with Crippen LogP contribution in [0.4, 0.5) is 0 Å². The fourth-order valence-electron chi connectivity index (χ4n) is 0.578. The molecule has 0 atom stereocenters. The second-order valence-corrected chi connectivity index (χ2v) is 3.86. The number of hydrogen-bond acceptors (Lipinski definition) is 6. The normalized spacial score (nSPS) is 12.4. The van der Waals surface area contributed by atoms with E-state index >= 15 is 0 Å². The summed E-state index contributed by atoms with van der Waals surface area (Å²) in [4.78, 5) is 11.0. The van der Waals surface area contributed by atoms with Crippen LogP contribution in [0.1, 0.15) is 6.92 Å². The zero-order chi connectivity index (χ0) is 11.2. The van der Waals surface area contributed by atoms with Crippen molar-refractivity contribution in [3.8, 4) is 0 Å². The smallest absolute Gasteiger partial charge is 0.463 e. The van der Waals surface area contributed by atoms with Gasteiger partial charge in [-0.05, 0) is 13.0 Å². The monoisotopic (exact) mass is 224 g/mol. The first-order valence-corrected chi connectivity index (χ1v) is 5.14. The first-order chi connectivity index (χ1) is 6.52. The van der Waals surface area contributed by atoms with Crippen LogP contribution in [0.3, 0.4) is 0 Å². The van der Waals surface area contributed by atoms with Gasteiger partial charge in [0.1, 0.15) is 0 Å².